The number of hydrogen-bond acceptors (Lipinski definition) is 3. The van der Waals surface area contributed by atoms with Gasteiger partial charge in [-0.25, -0.2) is 0 Å². The van der Waals surface area contributed by atoms with Crippen molar-refractivity contribution in [3.63, 3.8) is 0 Å². The van der Waals surface area contributed by atoms with Crippen LogP contribution in [0, 0.1) is 17.4 Å². The molecular weight excluding hydrogens is 142 g/mol. The summed E-state index contributed by atoms with van der Waals surface area (Å²) in [5.74, 6) is -0.485. The quantitative estimate of drug-likeness (QED) is 0.301. The SMILES string of the molecule is N#CNC(=O)C1C=CC(N)C1. The number of nitrogens with two attached hydrogens (primary N) is 1. The highest BCUT2D eigenvalue weighted by Crippen LogP contribution is 2.15. The number of carbonyl (C=O) groups excluding carboxylic acids is 1. The lowest BCUT2D eigenvalue weighted by Crippen LogP contribution is -2.27. The van der Waals surface area contributed by atoms with Gasteiger partial charge in [-0.1, -0.05) is 12.2 Å². The van der Waals surface area contributed by atoms with Gasteiger partial charge in [-0.15, -0.1) is 0 Å². The summed E-state index contributed by atoms with van der Waals surface area (Å²) in [6.45, 7) is 0. The van der Waals surface area contributed by atoms with E-state index in [0.717, 1.165) is 0 Å². The Labute approximate surface area is 64.7 Å². The van der Waals surface area contributed by atoms with Crippen molar-refractivity contribution >= 4 is 5.91 Å². The first-order valence-corrected chi connectivity index (χ1v) is 3.37. The summed E-state index contributed by atoms with van der Waals surface area (Å²) in [6.07, 6.45) is 5.70. The predicted molar refractivity (Wildman–Crippen MR) is 39.0 cm³/mol. The monoisotopic (exact) mass is 151 g/mol. The highest BCUT2D eigenvalue weighted by atomic mass is 16.1. The van der Waals surface area contributed by atoms with Crippen molar-refractivity contribution in [1.29, 1.82) is 5.26 Å². The van der Waals surface area contributed by atoms with Crippen LogP contribution in [-0.2, 0) is 4.79 Å². The van der Waals surface area contributed by atoms with Crippen LogP contribution in [-0.4, -0.2) is 11.9 Å². The molecule has 11 heavy (non-hydrogen) atoms. The van der Waals surface area contributed by atoms with Crippen molar-refractivity contribution in [1.82, 2.24) is 5.32 Å². The third-order valence-corrected chi connectivity index (χ3v) is 1.63. The molecule has 3 N–H and O–H groups in total. The Bertz CT molecular complexity index is 228. The Morgan fingerprint density at radius 3 is 2.91 bits per heavy atom. The fraction of sp³-hybridized carbons (Fsp3) is 0.429. The van der Waals surface area contributed by atoms with Crippen LogP contribution in [0.1, 0.15) is 6.42 Å². The van der Waals surface area contributed by atoms with Gasteiger partial charge in [0.25, 0.3) is 0 Å². The van der Waals surface area contributed by atoms with E-state index in [9.17, 15) is 4.79 Å². The Balaban J connectivity index is 2.46. The van der Waals surface area contributed by atoms with Gasteiger partial charge in [0.1, 0.15) is 0 Å². The summed E-state index contributed by atoms with van der Waals surface area (Å²) in [5.41, 5.74) is 5.51. The minimum Gasteiger partial charge on any atom is -0.324 e. The highest BCUT2D eigenvalue weighted by Gasteiger charge is 2.21. The molecule has 0 heterocycles. The standard InChI is InChI=1S/C7H9N3O/c8-4-10-7(11)5-1-2-6(9)3-5/h1-2,5-6H,3,9H2,(H,10,11). The average Bonchev–Trinajstić information content (AvgIpc) is 2.36. The molecule has 58 valence electrons. The first-order valence-electron chi connectivity index (χ1n) is 3.37. The molecule has 1 aliphatic carbocycles. The zero-order valence-electron chi connectivity index (χ0n) is 5.95. The number of nitriles is 1. The molecule has 4 nitrogen and oxygen atoms in total. The van der Waals surface area contributed by atoms with Crippen molar-refractivity contribution in [2.24, 2.45) is 11.7 Å². The Morgan fingerprint density at radius 2 is 2.45 bits per heavy atom. The Morgan fingerprint density at radius 1 is 1.73 bits per heavy atom. The lowest BCUT2D eigenvalue weighted by molar-refractivity contribution is -0.122. The summed E-state index contributed by atoms with van der Waals surface area (Å²) in [7, 11) is 0. The molecule has 2 unspecified atom stereocenters. The Kier molecular flexibility index (Phi) is 2.24. The van der Waals surface area contributed by atoms with E-state index in [4.69, 9.17) is 11.0 Å². The molecule has 0 bridgehead atoms. The van der Waals surface area contributed by atoms with E-state index < -0.39 is 0 Å². The van der Waals surface area contributed by atoms with Gasteiger partial charge < -0.3 is 5.73 Å². The van der Waals surface area contributed by atoms with Gasteiger partial charge in [0, 0.05) is 6.04 Å². The molecule has 1 amide bonds. The van der Waals surface area contributed by atoms with Crippen molar-refractivity contribution < 1.29 is 4.79 Å². The maximum absolute atomic E-state index is 11.0. The minimum absolute atomic E-state index is 0.0376. The van der Waals surface area contributed by atoms with Crippen LogP contribution >= 0.6 is 0 Å². The molecule has 0 aromatic carbocycles. The number of hydrogen-bond donors (Lipinski definition) is 2. The van der Waals surface area contributed by atoms with Gasteiger partial charge in [0.2, 0.25) is 5.91 Å². The molecule has 0 saturated carbocycles. The largest absolute Gasteiger partial charge is 0.324 e. The van der Waals surface area contributed by atoms with Crippen LogP contribution in [0.15, 0.2) is 12.2 Å². The summed E-state index contributed by atoms with van der Waals surface area (Å²) in [6, 6.07) is -0.0376. The lowest BCUT2D eigenvalue weighted by Gasteiger charge is -2.04. The van der Waals surface area contributed by atoms with Gasteiger partial charge in [-0.05, 0) is 6.42 Å². The summed E-state index contributed by atoms with van der Waals surface area (Å²) in [4.78, 5) is 11.0. The maximum atomic E-state index is 11.0. The summed E-state index contributed by atoms with van der Waals surface area (Å²) >= 11 is 0. The van der Waals surface area contributed by atoms with Crippen molar-refractivity contribution in [3.8, 4) is 6.19 Å². The topological polar surface area (TPSA) is 78.9 Å². The molecule has 2 atom stereocenters. The fourth-order valence-electron chi connectivity index (χ4n) is 1.07. The number of nitrogens with zero attached hydrogens (tertiary/aromatic N) is 1. The van der Waals surface area contributed by atoms with E-state index in [1.807, 2.05) is 0 Å². The normalized spacial score (nSPS) is 28.0. The summed E-state index contributed by atoms with van der Waals surface area (Å²) in [5, 5.41) is 10.2. The number of rotatable bonds is 1. The molecule has 0 saturated heterocycles. The number of carbonyl (C=O) groups is 1. The third kappa shape index (κ3) is 1.79. The van der Waals surface area contributed by atoms with Crippen molar-refractivity contribution in [2.75, 3.05) is 0 Å². The van der Waals surface area contributed by atoms with E-state index in [2.05, 4.69) is 5.32 Å². The first kappa shape index (κ1) is 7.76. The maximum Gasteiger partial charge on any atom is 0.239 e. The molecule has 0 aromatic heterocycles. The van der Waals surface area contributed by atoms with Crippen LogP contribution < -0.4 is 11.1 Å². The molecule has 0 spiro atoms. The lowest BCUT2D eigenvalue weighted by atomic mass is 10.1. The summed E-state index contributed by atoms with van der Waals surface area (Å²) < 4.78 is 0. The van der Waals surface area contributed by atoms with Gasteiger partial charge >= 0.3 is 0 Å². The Hall–Kier alpha value is -1.34. The van der Waals surface area contributed by atoms with E-state index in [-0.39, 0.29) is 17.9 Å². The van der Waals surface area contributed by atoms with Crippen LogP contribution in [0.5, 0.6) is 0 Å². The second-order valence-corrected chi connectivity index (χ2v) is 2.49. The molecule has 0 radical (unpaired) electrons. The van der Waals surface area contributed by atoms with Crippen molar-refractivity contribution in [3.05, 3.63) is 12.2 Å². The molecule has 1 rings (SSSR count). The highest BCUT2D eigenvalue weighted by molar-refractivity contribution is 5.82. The minimum atomic E-state index is -0.267. The number of amides is 1. The van der Waals surface area contributed by atoms with E-state index in [1.54, 1.807) is 18.3 Å². The molecule has 0 fully saturated rings. The molecular formula is C7H9N3O. The van der Waals surface area contributed by atoms with Crippen LogP contribution in [0.2, 0.25) is 0 Å². The predicted octanol–water partition coefficient (Wildman–Crippen LogP) is -0.513. The second kappa shape index (κ2) is 3.17. The van der Waals surface area contributed by atoms with Gasteiger partial charge in [0.15, 0.2) is 6.19 Å². The fourth-order valence-corrected chi connectivity index (χ4v) is 1.07. The van der Waals surface area contributed by atoms with Gasteiger partial charge in [0.05, 0.1) is 5.92 Å². The molecule has 0 aromatic rings. The first-order chi connectivity index (χ1) is 5.24. The number of nitrogens with one attached hydrogen (secondary N) is 1. The third-order valence-electron chi connectivity index (χ3n) is 1.63. The second-order valence-electron chi connectivity index (χ2n) is 2.49. The van der Waals surface area contributed by atoms with Crippen LogP contribution in [0.25, 0.3) is 0 Å². The molecule has 0 aliphatic heterocycles. The van der Waals surface area contributed by atoms with Crippen LogP contribution in [0.4, 0.5) is 0 Å². The van der Waals surface area contributed by atoms with Gasteiger partial charge in [-0.2, -0.15) is 5.26 Å². The smallest absolute Gasteiger partial charge is 0.239 e. The van der Waals surface area contributed by atoms with Crippen molar-refractivity contribution in [2.45, 2.75) is 12.5 Å². The zero-order chi connectivity index (χ0) is 8.27. The van der Waals surface area contributed by atoms with Gasteiger partial charge in [-0.3, -0.25) is 10.1 Å². The molecule has 4 heteroatoms. The van der Waals surface area contributed by atoms with Crippen LogP contribution in [0.3, 0.4) is 0 Å². The van der Waals surface area contributed by atoms with E-state index in [1.165, 1.54) is 0 Å². The average molecular weight is 151 g/mol. The zero-order valence-corrected chi connectivity index (χ0v) is 5.95. The van der Waals surface area contributed by atoms with E-state index in [0.29, 0.717) is 6.42 Å². The molecule has 1 aliphatic rings. The van der Waals surface area contributed by atoms with E-state index >= 15 is 0 Å².